The van der Waals surface area contributed by atoms with E-state index in [2.05, 4.69) is 37.5 Å². The van der Waals surface area contributed by atoms with Gasteiger partial charge in [0.15, 0.2) is 0 Å². The van der Waals surface area contributed by atoms with E-state index in [-0.39, 0.29) is 0 Å². The Morgan fingerprint density at radius 3 is 1.20 bits per heavy atom. The molecule has 136 valence electrons. The van der Waals surface area contributed by atoms with Crippen molar-refractivity contribution in [2.24, 2.45) is 0 Å². The van der Waals surface area contributed by atoms with E-state index in [9.17, 15) is 10.2 Å². The molecule has 0 unspecified atom stereocenters. The summed E-state index contributed by atoms with van der Waals surface area (Å²) in [6.45, 7) is 12.0. The van der Waals surface area contributed by atoms with E-state index < -0.39 is 5.79 Å². The van der Waals surface area contributed by atoms with Crippen molar-refractivity contribution in [2.45, 2.75) is 33.5 Å². The molecule has 0 amide bonds. The highest BCUT2D eigenvalue weighted by molar-refractivity contribution is 5.51. The number of anilines is 2. The maximum absolute atomic E-state index is 12.9. The Labute approximate surface area is 151 Å². The van der Waals surface area contributed by atoms with Crippen LogP contribution in [0, 0.1) is 0 Å². The number of hydrogen-bond donors (Lipinski definition) is 1. The summed E-state index contributed by atoms with van der Waals surface area (Å²) in [6.07, 6.45) is 0. The lowest BCUT2D eigenvalue weighted by atomic mass is 9.97. The summed E-state index contributed by atoms with van der Waals surface area (Å²) in [6, 6.07) is 14.5. The van der Waals surface area contributed by atoms with Gasteiger partial charge in [0.25, 0.3) is 0 Å². The predicted molar refractivity (Wildman–Crippen MR) is 103 cm³/mol. The Balaban J connectivity index is 2.25. The molecule has 0 aliphatic heterocycles. The second kappa shape index (κ2) is 8.37. The monoisotopic (exact) mass is 341 g/mol. The molecule has 0 fully saturated rings. The molecule has 0 heterocycles. The van der Waals surface area contributed by atoms with Crippen molar-refractivity contribution in [1.82, 2.24) is 0 Å². The summed E-state index contributed by atoms with van der Waals surface area (Å²) in [7, 11) is 0. The van der Waals surface area contributed by atoms with Gasteiger partial charge in [0, 0.05) is 43.3 Å². The van der Waals surface area contributed by atoms with Crippen LogP contribution in [0.25, 0.3) is 0 Å². The summed E-state index contributed by atoms with van der Waals surface area (Å²) in [5.41, 5.74) is 2.83. The molecule has 0 aliphatic carbocycles. The molecular weight excluding hydrogens is 312 g/mol. The second-order valence-corrected chi connectivity index (χ2v) is 6.08. The Morgan fingerprint density at radius 1 is 0.680 bits per heavy atom. The van der Waals surface area contributed by atoms with Crippen molar-refractivity contribution in [2.75, 3.05) is 36.0 Å². The number of benzene rings is 2. The summed E-state index contributed by atoms with van der Waals surface area (Å²) < 4.78 is 0. The van der Waals surface area contributed by atoms with Crippen molar-refractivity contribution in [3.63, 3.8) is 0 Å². The van der Waals surface area contributed by atoms with Crippen LogP contribution in [0.3, 0.4) is 0 Å². The van der Waals surface area contributed by atoms with Gasteiger partial charge in [-0.1, -0.05) is 24.3 Å². The molecule has 4 nitrogen and oxygen atoms in total. The van der Waals surface area contributed by atoms with Gasteiger partial charge < -0.3 is 20.0 Å². The van der Waals surface area contributed by atoms with Crippen LogP contribution in [0.5, 0.6) is 0 Å². The van der Waals surface area contributed by atoms with Gasteiger partial charge in [0.2, 0.25) is 0 Å². The van der Waals surface area contributed by atoms with Gasteiger partial charge in [0.1, 0.15) is 0 Å². The minimum atomic E-state index is -2.25. The first-order valence-electron chi connectivity index (χ1n) is 9.11. The zero-order valence-electron chi connectivity index (χ0n) is 15.7. The van der Waals surface area contributed by atoms with E-state index in [4.69, 9.17) is 0 Å². The summed E-state index contributed by atoms with van der Waals surface area (Å²) in [5.74, 6) is -2.25. The van der Waals surface area contributed by atoms with Gasteiger partial charge >= 0.3 is 0 Å². The Bertz CT molecular complexity index is 585. The Morgan fingerprint density at radius 2 is 0.960 bits per heavy atom. The molecule has 0 atom stereocenters. The smallest absolute Gasteiger partial charge is 0.0423 e. The standard InChI is InChI=1S/C21H29N2O2/c1-5-22(6-2)19-13-9-17(10-14-19)21(24,25)18-11-15-20(16-12-18)23(7-3)8-4/h9-16,24H,5-8H2,1-4H3/q-1. The van der Waals surface area contributed by atoms with E-state index in [0.29, 0.717) is 11.1 Å². The molecule has 0 radical (unpaired) electrons. The minimum Gasteiger partial charge on any atom is -0.821 e. The molecule has 4 heteroatoms. The summed E-state index contributed by atoms with van der Waals surface area (Å²) in [4.78, 5) is 4.40. The minimum absolute atomic E-state index is 0.360. The van der Waals surface area contributed by atoms with Crippen LogP contribution in [0.4, 0.5) is 11.4 Å². The topological polar surface area (TPSA) is 49.8 Å². The maximum Gasteiger partial charge on any atom is 0.0423 e. The van der Waals surface area contributed by atoms with Crippen LogP contribution >= 0.6 is 0 Å². The fraction of sp³-hybridized carbons (Fsp3) is 0.429. The van der Waals surface area contributed by atoms with E-state index >= 15 is 0 Å². The van der Waals surface area contributed by atoms with Crippen LogP contribution < -0.4 is 14.9 Å². The number of rotatable bonds is 8. The highest BCUT2D eigenvalue weighted by Crippen LogP contribution is 2.27. The van der Waals surface area contributed by atoms with Crippen molar-refractivity contribution in [3.8, 4) is 0 Å². The van der Waals surface area contributed by atoms with E-state index in [0.717, 1.165) is 37.6 Å². The van der Waals surface area contributed by atoms with Crippen LogP contribution in [0.15, 0.2) is 48.5 Å². The highest BCUT2D eigenvalue weighted by Gasteiger charge is 2.19. The first-order valence-corrected chi connectivity index (χ1v) is 9.11. The second-order valence-electron chi connectivity index (χ2n) is 6.08. The van der Waals surface area contributed by atoms with Gasteiger partial charge in [-0.25, -0.2) is 0 Å². The molecule has 2 aromatic rings. The first kappa shape index (κ1) is 19.3. The average molecular weight is 341 g/mol. The molecule has 25 heavy (non-hydrogen) atoms. The van der Waals surface area contributed by atoms with Gasteiger partial charge in [0.05, 0.1) is 0 Å². The molecular formula is C21H29N2O2-. The Hall–Kier alpha value is -2.04. The number of aliphatic hydroxyl groups is 1. The lowest BCUT2D eigenvalue weighted by Crippen LogP contribution is -2.41. The van der Waals surface area contributed by atoms with Gasteiger partial charge in [-0.3, -0.25) is 0 Å². The lowest BCUT2D eigenvalue weighted by molar-refractivity contribution is -0.541. The van der Waals surface area contributed by atoms with Crippen LogP contribution in [0.2, 0.25) is 0 Å². The first-order chi connectivity index (χ1) is 12.0. The van der Waals surface area contributed by atoms with Crippen LogP contribution in [-0.4, -0.2) is 31.3 Å². The quantitative estimate of drug-likeness (QED) is 0.750. The molecule has 0 saturated heterocycles. The predicted octanol–water partition coefficient (Wildman–Crippen LogP) is 2.93. The maximum atomic E-state index is 12.9. The number of nitrogens with zero attached hydrogens (tertiary/aromatic N) is 2. The van der Waals surface area contributed by atoms with Gasteiger partial charge in [-0.2, -0.15) is 0 Å². The largest absolute Gasteiger partial charge is 0.821 e. The van der Waals surface area contributed by atoms with Crippen LogP contribution in [-0.2, 0) is 5.79 Å². The molecule has 0 spiro atoms. The molecule has 0 aliphatic rings. The SMILES string of the molecule is CCN(CC)c1ccc(C([O-])(O)c2ccc(N(CC)CC)cc2)cc1. The third-order valence-corrected chi connectivity index (χ3v) is 4.77. The molecule has 1 N–H and O–H groups in total. The molecule has 0 aromatic heterocycles. The molecule has 2 rings (SSSR count). The summed E-state index contributed by atoms with van der Waals surface area (Å²) >= 11 is 0. The Kier molecular flexibility index (Phi) is 6.45. The molecule has 2 aromatic carbocycles. The third-order valence-electron chi connectivity index (χ3n) is 4.77. The zero-order valence-corrected chi connectivity index (χ0v) is 15.7. The zero-order chi connectivity index (χ0) is 18.4. The van der Waals surface area contributed by atoms with E-state index in [1.165, 1.54) is 0 Å². The normalized spacial score (nSPS) is 11.4. The lowest BCUT2D eigenvalue weighted by Gasteiger charge is -2.36. The van der Waals surface area contributed by atoms with Crippen LogP contribution in [0.1, 0.15) is 38.8 Å². The summed E-state index contributed by atoms with van der Waals surface area (Å²) in [5, 5.41) is 23.4. The fourth-order valence-electron chi connectivity index (χ4n) is 3.14. The van der Waals surface area contributed by atoms with Crippen molar-refractivity contribution >= 4 is 11.4 Å². The molecule has 0 bridgehead atoms. The fourth-order valence-corrected chi connectivity index (χ4v) is 3.14. The molecule has 0 saturated carbocycles. The third kappa shape index (κ3) is 4.14. The average Bonchev–Trinajstić information content (AvgIpc) is 2.65. The van der Waals surface area contributed by atoms with Crippen molar-refractivity contribution in [3.05, 3.63) is 59.7 Å². The van der Waals surface area contributed by atoms with Gasteiger partial charge in [-0.15, -0.1) is 0 Å². The van der Waals surface area contributed by atoms with Crippen molar-refractivity contribution in [1.29, 1.82) is 0 Å². The van der Waals surface area contributed by atoms with Gasteiger partial charge in [-0.05, 0) is 63.1 Å². The van der Waals surface area contributed by atoms with Crippen molar-refractivity contribution < 1.29 is 10.2 Å². The number of hydrogen-bond acceptors (Lipinski definition) is 4. The van der Waals surface area contributed by atoms with E-state index in [1.54, 1.807) is 24.3 Å². The van der Waals surface area contributed by atoms with E-state index in [1.807, 2.05) is 24.3 Å². The highest BCUT2D eigenvalue weighted by atomic mass is 16.5.